The lowest BCUT2D eigenvalue weighted by atomic mass is 10.0. The topological polar surface area (TPSA) is 69.2 Å². The van der Waals surface area contributed by atoms with E-state index in [9.17, 15) is 0 Å². The summed E-state index contributed by atoms with van der Waals surface area (Å²) in [7, 11) is 0. The number of aromatic amines is 1. The number of amidine groups is 1. The van der Waals surface area contributed by atoms with E-state index < -0.39 is 0 Å². The van der Waals surface area contributed by atoms with Gasteiger partial charge in [0.2, 0.25) is 5.17 Å². The molecule has 0 saturated heterocycles. The van der Waals surface area contributed by atoms with Gasteiger partial charge in [-0.15, -0.1) is 5.10 Å². The van der Waals surface area contributed by atoms with Crippen LogP contribution in [-0.2, 0) is 0 Å². The molecule has 2 aliphatic rings. The van der Waals surface area contributed by atoms with Crippen molar-refractivity contribution in [3.05, 3.63) is 108 Å². The summed E-state index contributed by atoms with van der Waals surface area (Å²) in [5.41, 5.74) is 6.16. The Bertz CT molecular complexity index is 1610. The standard InChI is InChI=1S/C28H21N5OS/c1-2-8-18(9-3-1)24-17-35-28(31-30-24)33-25(21-16-29-22-12-6-5-11-20(21)22)15-23(32-33)27-14-19-10-4-7-13-26(19)34-27/h1-14,16,25,29H,15,17H2. The molecule has 0 saturated carbocycles. The zero-order chi connectivity index (χ0) is 23.2. The third kappa shape index (κ3) is 3.56. The normalized spacial score (nSPS) is 18.1. The Morgan fingerprint density at radius 3 is 2.57 bits per heavy atom. The van der Waals surface area contributed by atoms with E-state index in [1.807, 2.05) is 47.5 Å². The van der Waals surface area contributed by atoms with Crippen LogP contribution in [0.2, 0.25) is 0 Å². The zero-order valence-electron chi connectivity index (χ0n) is 18.8. The van der Waals surface area contributed by atoms with Crippen molar-refractivity contribution >= 4 is 50.2 Å². The molecule has 7 heteroatoms. The van der Waals surface area contributed by atoms with Crippen LogP contribution in [0.3, 0.4) is 0 Å². The fraction of sp³-hybridized carbons (Fsp3) is 0.107. The average Bonchev–Trinajstić information content (AvgIpc) is 3.65. The summed E-state index contributed by atoms with van der Waals surface area (Å²) in [4.78, 5) is 3.42. The maximum Gasteiger partial charge on any atom is 0.206 e. The molecule has 4 heterocycles. The highest BCUT2D eigenvalue weighted by Crippen LogP contribution is 2.39. The van der Waals surface area contributed by atoms with Crippen molar-refractivity contribution in [1.29, 1.82) is 0 Å². The number of hydrazone groups is 1. The highest BCUT2D eigenvalue weighted by molar-refractivity contribution is 8.14. The number of H-pyrrole nitrogens is 1. The molecule has 1 atom stereocenters. The van der Waals surface area contributed by atoms with Crippen molar-refractivity contribution in [2.24, 2.45) is 15.3 Å². The number of nitrogens with one attached hydrogen (secondary N) is 1. The SMILES string of the molecule is c1ccc(C2=NN=C(N3N=C(c4cc5ccccc5o4)CC3c3c[nH]c4ccccc34)SC2)cc1. The van der Waals surface area contributed by atoms with Crippen LogP contribution in [0.25, 0.3) is 21.9 Å². The number of fused-ring (bicyclic) bond motifs is 2. The molecule has 0 spiro atoms. The summed E-state index contributed by atoms with van der Waals surface area (Å²) in [6.07, 6.45) is 2.81. The molecule has 1 unspecified atom stereocenters. The summed E-state index contributed by atoms with van der Waals surface area (Å²) in [6, 6.07) is 28.7. The quantitative estimate of drug-likeness (QED) is 0.321. The van der Waals surface area contributed by atoms with Crippen LogP contribution in [0.4, 0.5) is 0 Å². The maximum absolute atomic E-state index is 6.18. The van der Waals surface area contributed by atoms with E-state index in [2.05, 4.69) is 63.8 Å². The molecule has 0 radical (unpaired) electrons. The number of benzene rings is 3. The van der Waals surface area contributed by atoms with E-state index in [4.69, 9.17) is 9.52 Å². The first-order valence-corrected chi connectivity index (χ1v) is 12.6. The van der Waals surface area contributed by atoms with Gasteiger partial charge in [0.15, 0.2) is 5.76 Å². The fourth-order valence-corrected chi connectivity index (χ4v) is 5.64. The van der Waals surface area contributed by atoms with Crippen LogP contribution >= 0.6 is 11.8 Å². The van der Waals surface area contributed by atoms with Gasteiger partial charge in [-0.1, -0.05) is 78.5 Å². The lowest BCUT2D eigenvalue weighted by Gasteiger charge is -2.25. The number of aromatic nitrogens is 1. The van der Waals surface area contributed by atoms with Gasteiger partial charge < -0.3 is 9.40 Å². The van der Waals surface area contributed by atoms with Gasteiger partial charge in [-0.25, -0.2) is 5.01 Å². The molecule has 2 aromatic heterocycles. The number of thioether (sulfide) groups is 1. The first-order valence-electron chi connectivity index (χ1n) is 11.6. The molecular weight excluding hydrogens is 454 g/mol. The van der Waals surface area contributed by atoms with Gasteiger partial charge in [-0.3, -0.25) is 0 Å². The molecule has 7 rings (SSSR count). The van der Waals surface area contributed by atoms with Gasteiger partial charge in [0.05, 0.1) is 11.8 Å². The van der Waals surface area contributed by atoms with Crippen LogP contribution in [0.15, 0.2) is 111 Å². The van der Waals surface area contributed by atoms with E-state index in [1.165, 1.54) is 10.9 Å². The van der Waals surface area contributed by atoms with Crippen molar-refractivity contribution in [1.82, 2.24) is 9.99 Å². The molecule has 170 valence electrons. The molecule has 1 N–H and O–H groups in total. The van der Waals surface area contributed by atoms with Crippen molar-refractivity contribution in [2.45, 2.75) is 12.5 Å². The number of nitrogens with zero attached hydrogens (tertiary/aromatic N) is 4. The molecule has 5 aromatic rings. The van der Waals surface area contributed by atoms with Crippen molar-refractivity contribution in [3.8, 4) is 0 Å². The minimum atomic E-state index is -0.00547. The van der Waals surface area contributed by atoms with Gasteiger partial charge in [-0.05, 0) is 23.8 Å². The van der Waals surface area contributed by atoms with E-state index >= 15 is 0 Å². The smallest absolute Gasteiger partial charge is 0.206 e. The largest absolute Gasteiger partial charge is 0.455 e. The molecule has 0 bridgehead atoms. The Kier molecular flexibility index (Phi) is 4.80. The van der Waals surface area contributed by atoms with Gasteiger partial charge in [0.1, 0.15) is 11.3 Å². The van der Waals surface area contributed by atoms with E-state index in [0.717, 1.165) is 56.6 Å². The number of hydrogen-bond donors (Lipinski definition) is 1. The molecule has 3 aromatic carbocycles. The number of para-hydroxylation sites is 2. The van der Waals surface area contributed by atoms with Crippen LogP contribution in [0.5, 0.6) is 0 Å². The third-order valence-corrected chi connectivity index (χ3v) is 7.44. The Labute approximate surface area is 206 Å². The van der Waals surface area contributed by atoms with Crippen molar-refractivity contribution < 1.29 is 4.42 Å². The van der Waals surface area contributed by atoms with Gasteiger partial charge in [0.25, 0.3) is 0 Å². The highest BCUT2D eigenvalue weighted by Gasteiger charge is 2.36. The maximum atomic E-state index is 6.18. The second-order valence-electron chi connectivity index (χ2n) is 8.63. The Hall–Kier alpha value is -4.10. The number of furan rings is 1. The van der Waals surface area contributed by atoms with Crippen LogP contribution in [-0.4, -0.2) is 32.3 Å². The third-order valence-electron chi connectivity index (χ3n) is 6.50. The lowest BCUT2D eigenvalue weighted by molar-refractivity contribution is 0.378. The first kappa shape index (κ1) is 20.3. The summed E-state index contributed by atoms with van der Waals surface area (Å²) in [5.74, 6) is 1.54. The predicted molar refractivity (Wildman–Crippen MR) is 143 cm³/mol. The molecular formula is C28H21N5OS. The van der Waals surface area contributed by atoms with Crippen molar-refractivity contribution in [3.63, 3.8) is 0 Å². The first-order chi connectivity index (χ1) is 17.3. The Morgan fingerprint density at radius 1 is 0.886 bits per heavy atom. The van der Waals surface area contributed by atoms with Crippen LogP contribution < -0.4 is 0 Å². The van der Waals surface area contributed by atoms with Crippen molar-refractivity contribution in [2.75, 3.05) is 5.75 Å². The second-order valence-corrected chi connectivity index (χ2v) is 9.58. The minimum Gasteiger partial charge on any atom is -0.455 e. The summed E-state index contributed by atoms with van der Waals surface area (Å²) >= 11 is 1.67. The van der Waals surface area contributed by atoms with Gasteiger partial charge in [-0.2, -0.15) is 10.2 Å². The van der Waals surface area contributed by atoms with E-state index in [0.29, 0.717) is 0 Å². The average molecular weight is 476 g/mol. The van der Waals surface area contributed by atoms with E-state index in [-0.39, 0.29) is 6.04 Å². The number of rotatable bonds is 3. The molecule has 35 heavy (non-hydrogen) atoms. The van der Waals surface area contributed by atoms with Gasteiger partial charge >= 0.3 is 0 Å². The molecule has 0 fully saturated rings. The second kappa shape index (κ2) is 8.29. The number of hydrogen-bond acceptors (Lipinski definition) is 6. The summed E-state index contributed by atoms with van der Waals surface area (Å²) < 4.78 is 6.18. The monoisotopic (exact) mass is 475 g/mol. The molecule has 0 amide bonds. The lowest BCUT2D eigenvalue weighted by Crippen LogP contribution is -2.27. The molecule has 0 aliphatic carbocycles. The Balaban J connectivity index is 1.30. The molecule has 2 aliphatic heterocycles. The van der Waals surface area contributed by atoms with E-state index in [1.54, 1.807) is 11.8 Å². The highest BCUT2D eigenvalue weighted by atomic mass is 32.2. The fourth-order valence-electron chi connectivity index (χ4n) is 4.75. The summed E-state index contributed by atoms with van der Waals surface area (Å²) in [6.45, 7) is 0. The summed E-state index contributed by atoms with van der Waals surface area (Å²) in [5, 5.41) is 19.3. The zero-order valence-corrected chi connectivity index (χ0v) is 19.6. The Morgan fingerprint density at radius 2 is 1.71 bits per heavy atom. The van der Waals surface area contributed by atoms with Gasteiger partial charge in [0, 0.05) is 40.2 Å². The van der Waals surface area contributed by atoms with Crippen LogP contribution in [0.1, 0.15) is 29.3 Å². The minimum absolute atomic E-state index is 0.00547. The van der Waals surface area contributed by atoms with Crippen LogP contribution in [0, 0.1) is 0 Å². The molecule has 6 nitrogen and oxygen atoms in total. The predicted octanol–water partition coefficient (Wildman–Crippen LogP) is 6.57.